The Kier molecular flexibility index (Phi) is 7.63. The van der Waals surface area contributed by atoms with Gasteiger partial charge in [-0.1, -0.05) is 6.07 Å². The van der Waals surface area contributed by atoms with Gasteiger partial charge in [0, 0.05) is 32.2 Å². The standard InChI is InChI=1S/C15H20N2O5/c1-21-9-8-16-13(18)6-7-17-14(19)11-4-3-5-12(10-11)15(20)22-2/h3-5,10H,6-9H2,1-2H3,(H,16,18)(H,17,19). The SMILES string of the molecule is COCCNC(=O)CCNC(=O)c1cccc(C(=O)OC)c1. The van der Waals surface area contributed by atoms with Gasteiger partial charge in [0.25, 0.3) is 5.91 Å². The van der Waals surface area contributed by atoms with E-state index in [4.69, 9.17) is 4.74 Å². The molecule has 0 aliphatic carbocycles. The summed E-state index contributed by atoms with van der Waals surface area (Å²) in [4.78, 5) is 34.8. The van der Waals surface area contributed by atoms with Crippen LogP contribution in [-0.2, 0) is 14.3 Å². The molecule has 0 spiro atoms. The smallest absolute Gasteiger partial charge is 0.337 e. The van der Waals surface area contributed by atoms with Crippen molar-refractivity contribution in [1.82, 2.24) is 10.6 Å². The van der Waals surface area contributed by atoms with Crippen molar-refractivity contribution >= 4 is 17.8 Å². The van der Waals surface area contributed by atoms with Crippen LogP contribution in [0.25, 0.3) is 0 Å². The summed E-state index contributed by atoms with van der Waals surface area (Å²) in [5.41, 5.74) is 0.634. The minimum atomic E-state index is -0.507. The molecular formula is C15H20N2O5. The van der Waals surface area contributed by atoms with Gasteiger partial charge in [0.1, 0.15) is 0 Å². The first-order valence-electron chi connectivity index (χ1n) is 6.80. The highest BCUT2D eigenvalue weighted by Crippen LogP contribution is 2.06. The Morgan fingerprint density at radius 3 is 2.45 bits per heavy atom. The summed E-state index contributed by atoms with van der Waals surface area (Å²) in [6.07, 6.45) is 0.173. The summed E-state index contributed by atoms with van der Waals surface area (Å²) in [6.45, 7) is 1.09. The van der Waals surface area contributed by atoms with Crippen LogP contribution < -0.4 is 10.6 Å². The molecule has 120 valence electrons. The third kappa shape index (κ3) is 5.92. The number of benzene rings is 1. The van der Waals surface area contributed by atoms with Crippen molar-refractivity contribution in [2.24, 2.45) is 0 Å². The summed E-state index contributed by atoms with van der Waals surface area (Å²) in [5.74, 6) is -1.02. The summed E-state index contributed by atoms with van der Waals surface area (Å²) in [6, 6.07) is 6.19. The Balaban J connectivity index is 2.42. The van der Waals surface area contributed by atoms with Crippen molar-refractivity contribution in [3.05, 3.63) is 35.4 Å². The maximum absolute atomic E-state index is 11.9. The average Bonchev–Trinajstić information content (AvgIpc) is 2.54. The van der Waals surface area contributed by atoms with Crippen LogP contribution in [-0.4, -0.2) is 51.7 Å². The predicted molar refractivity (Wildman–Crippen MR) is 79.6 cm³/mol. The molecule has 1 aromatic rings. The van der Waals surface area contributed by atoms with Gasteiger partial charge in [0.05, 0.1) is 19.3 Å². The summed E-state index contributed by atoms with van der Waals surface area (Å²) < 4.78 is 9.41. The molecule has 2 N–H and O–H groups in total. The van der Waals surface area contributed by atoms with Crippen molar-refractivity contribution < 1.29 is 23.9 Å². The fraction of sp³-hybridized carbons (Fsp3) is 0.400. The zero-order valence-corrected chi connectivity index (χ0v) is 12.7. The highest BCUT2D eigenvalue weighted by Gasteiger charge is 2.10. The Bertz CT molecular complexity index is 530. The molecule has 0 saturated carbocycles. The molecule has 0 radical (unpaired) electrons. The Morgan fingerprint density at radius 2 is 1.77 bits per heavy atom. The monoisotopic (exact) mass is 308 g/mol. The number of methoxy groups -OCH3 is 2. The molecule has 1 aromatic carbocycles. The molecule has 22 heavy (non-hydrogen) atoms. The molecule has 1 rings (SSSR count). The summed E-state index contributed by atoms with van der Waals surface area (Å²) in [5, 5.41) is 5.27. The van der Waals surface area contributed by atoms with E-state index >= 15 is 0 Å². The lowest BCUT2D eigenvalue weighted by Crippen LogP contribution is -2.32. The molecule has 0 saturated heterocycles. The average molecular weight is 308 g/mol. The van der Waals surface area contributed by atoms with E-state index in [1.807, 2.05) is 0 Å². The second kappa shape index (κ2) is 9.51. The number of esters is 1. The second-order valence-corrected chi connectivity index (χ2v) is 4.42. The molecule has 0 bridgehead atoms. The fourth-order valence-electron chi connectivity index (χ4n) is 1.68. The molecule has 0 fully saturated rings. The second-order valence-electron chi connectivity index (χ2n) is 4.42. The number of nitrogens with one attached hydrogen (secondary N) is 2. The zero-order valence-electron chi connectivity index (χ0n) is 12.7. The van der Waals surface area contributed by atoms with Gasteiger partial charge < -0.3 is 20.1 Å². The largest absolute Gasteiger partial charge is 0.465 e. The third-order valence-electron chi connectivity index (χ3n) is 2.81. The number of ether oxygens (including phenoxy) is 2. The zero-order chi connectivity index (χ0) is 16.4. The van der Waals surface area contributed by atoms with E-state index in [9.17, 15) is 14.4 Å². The third-order valence-corrected chi connectivity index (χ3v) is 2.81. The first-order chi connectivity index (χ1) is 10.6. The van der Waals surface area contributed by atoms with Crippen LogP contribution in [0.5, 0.6) is 0 Å². The lowest BCUT2D eigenvalue weighted by atomic mass is 10.1. The lowest BCUT2D eigenvalue weighted by molar-refractivity contribution is -0.121. The van der Waals surface area contributed by atoms with Crippen LogP contribution in [0.4, 0.5) is 0 Å². The van der Waals surface area contributed by atoms with Gasteiger partial charge in [-0.3, -0.25) is 9.59 Å². The maximum Gasteiger partial charge on any atom is 0.337 e. The van der Waals surface area contributed by atoms with E-state index in [1.54, 1.807) is 25.3 Å². The van der Waals surface area contributed by atoms with Crippen LogP contribution in [0.1, 0.15) is 27.1 Å². The van der Waals surface area contributed by atoms with Gasteiger partial charge >= 0.3 is 5.97 Å². The maximum atomic E-state index is 11.9. The molecule has 0 unspecified atom stereocenters. The van der Waals surface area contributed by atoms with E-state index in [0.29, 0.717) is 24.3 Å². The van der Waals surface area contributed by atoms with Crippen LogP contribution in [0, 0.1) is 0 Å². The normalized spacial score (nSPS) is 9.91. The van der Waals surface area contributed by atoms with E-state index in [1.165, 1.54) is 13.2 Å². The number of carbonyl (C=O) groups excluding carboxylic acids is 3. The van der Waals surface area contributed by atoms with Crippen LogP contribution in [0.2, 0.25) is 0 Å². The van der Waals surface area contributed by atoms with Gasteiger partial charge in [-0.05, 0) is 18.2 Å². The summed E-state index contributed by atoms with van der Waals surface area (Å²) in [7, 11) is 2.83. The first kappa shape index (κ1) is 17.6. The molecule has 7 nitrogen and oxygen atoms in total. The van der Waals surface area contributed by atoms with Gasteiger partial charge in [0.15, 0.2) is 0 Å². The van der Waals surface area contributed by atoms with Gasteiger partial charge in [-0.15, -0.1) is 0 Å². The number of amides is 2. The molecule has 7 heteroatoms. The number of hydrogen-bond acceptors (Lipinski definition) is 5. The van der Waals surface area contributed by atoms with Gasteiger partial charge in [-0.25, -0.2) is 4.79 Å². The first-order valence-corrected chi connectivity index (χ1v) is 6.80. The molecule has 0 aromatic heterocycles. The van der Waals surface area contributed by atoms with Crippen molar-refractivity contribution in [3.8, 4) is 0 Å². The number of rotatable bonds is 8. The molecular weight excluding hydrogens is 288 g/mol. The van der Waals surface area contributed by atoms with E-state index in [0.717, 1.165) is 0 Å². The minimum Gasteiger partial charge on any atom is -0.465 e. The molecule has 0 aliphatic heterocycles. The molecule has 0 aliphatic rings. The Morgan fingerprint density at radius 1 is 1.05 bits per heavy atom. The van der Waals surface area contributed by atoms with Gasteiger partial charge in [0.2, 0.25) is 5.91 Å². The molecule has 0 atom stereocenters. The quantitative estimate of drug-likeness (QED) is 0.534. The highest BCUT2D eigenvalue weighted by atomic mass is 16.5. The molecule has 2 amide bonds. The molecule has 0 heterocycles. The number of hydrogen-bond donors (Lipinski definition) is 2. The van der Waals surface area contributed by atoms with Crippen molar-refractivity contribution in [3.63, 3.8) is 0 Å². The van der Waals surface area contributed by atoms with Gasteiger partial charge in [-0.2, -0.15) is 0 Å². The lowest BCUT2D eigenvalue weighted by Gasteiger charge is -2.07. The Labute approximate surface area is 129 Å². The highest BCUT2D eigenvalue weighted by molar-refractivity contribution is 5.98. The Hall–Kier alpha value is -2.41. The van der Waals surface area contributed by atoms with E-state index in [2.05, 4.69) is 15.4 Å². The number of carbonyl (C=O) groups is 3. The van der Waals surface area contributed by atoms with Crippen molar-refractivity contribution in [2.45, 2.75) is 6.42 Å². The topological polar surface area (TPSA) is 93.7 Å². The van der Waals surface area contributed by atoms with Crippen LogP contribution in [0.3, 0.4) is 0 Å². The van der Waals surface area contributed by atoms with Crippen molar-refractivity contribution in [2.75, 3.05) is 33.9 Å². The van der Waals surface area contributed by atoms with Crippen LogP contribution in [0.15, 0.2) is 24.3 Å². The summed E-state index contributed by atoms with van der Waals surface area (Å²) >= 11 is 0. The predicted octanol–water partition coefficient (Wildman–Crippen LogP) is 0.356. The van der Waals surface area contributed by atoms with E-state index in [-0.39, 0.29) is 24.8 Å². The van der Waals surface area contributed by atoms with Crippen molar-refractivity contribution in [1.29, 1.82) is 0 Å². The minimum absolute atomic E-state index is 0.166. The fourth-order valence-corrected chi connectivity index (χ4v) is 1.68. The van der Waals surface area contributed by atoms with E-state index < -0.39 is 5.97 Å². The van der Waals surface area contributed by atoms with Crippen LogP contribution >= 0.6 is 0 Å².